The Hall–Kier alpha value is -2.73. The number of nitrogens with zero attached hydrogens (tertiary/aromatic N) is 1. The average Bonchev–Trinajstić information content (AvgIpc) is 2.58. The van der Waals surface area contributed by atoms with E-state index in [1.807, 2.05) is 37.4 Å². The van der Waals surface area contributed by atoms with Gasteiger partial charge in [-0.1, -0.05) is 30.3 Å². The Kier molecular flexibility index (Phi) is 6.25. The molecule has 0 saturated heterocycles. The summed E-state index contributed by atoms with van der Waals surface area (Å²) in [5.41, 5.74) is 1.32. The maximum Gasteiger partial charge on any atom is 0.287 e. The lowest BCUT2D eigenvalue weighted by atomic mass is 10.0. The maximum absolute atomic E-state index is 13.0. The lowest BCUT2D eigenvalue weighted by Crippen LogP contribution is -3.11. The van der Waals surface area contributed by atoms with Crippen LogP contribution >= 0.6 is 0 Å². The topological polar surface area (TPSA) is 53.9 Å². The number of hydrogen-bond acceptors (Lipinski definition) is 2. The number of amides is 2. The molecule has 132 valence electrons. The third-order valence-corrected chi connectivity index (χ3v) is 3.93. The Morgan fingerprint density at radius 1 is 1.08 bits per heavy atom. The van der Waals surface area contributed by atoms with Crippen molar-refractivity contribution in [3.63, 3.8) is 0 Å². The molecule has 25 heavy (non-hydrogen) atoms. The average molecular weight is 344 g/mol. The SMILES string of the molecule is CN(C)C(=O)C[NH+](C)[C@H](C(=O)Nc1ccc(F)cc1)c1ccccc1. The van der Waals surface area contributed by atoms with Gasteiger partial charge in [-0.05, 0) is 24.3 Å². The molecule has 1 unspecified atom stereocenters. The van der Waals surface area contributed by atoms with E-state index >= 15 is 0 Å². The van der Waals surface area contributed by atoms with Crippen molar-refractivity contribution < 1.29 is 18.9 Å². The van der Waals surface area contributed by atoms with Crippen LogP contribution in [0.5, 0.6) is 0 Å². The summed E-state index contributed by atoms with van der Waals surface area (Å²) in [5.74, 6) is -0.674. The number of quaternary nitrogens is 1. The lowest BCUT2D eigenvalue weighted by molar-refractivity contribution is -0.894. The van der Waals surface area contributed by atoms with E-state index in [1.165, 1.54) is 29.2 Å². The number of halogens is 1. The van der Waals surface area contributed by atoms with Crippen LogP contribution in [0.15, 0.2) is 54.6 Å². The van der Waals surface area contributed by atoms with Gasteiger partial charge in [-0.2, -0.15) is 0 Å². The largest absolute Gasteiger partial charge is 0.344 e. The standard InChI is InChI=1S/C19H22FN3O2/c1-22(2)17(24)13-23(3)18(14-7-5-4-6-8-14)19(25)21-16-11-9-15(20)10-12-16/h4-12,18H,13H2,1-3H3,(H,21,25)/p+1/t18-/m0/s1. The molecule has 2 aromatic rings. The van der Waals surface area contributed by atoms with Gasteiger partial charge in [0.25, 0.3) is 11.8 Å². The van der Waals surface area contributed by atoms with Crippen LogP contribution in [0.25, 0.3) is 0 Å². The minimum atomic E-state index is -0.560. The number of anilines is 1. The number of benzene rings is 2. The zero-order valence-electron chi connectivity index (χ0n) is 14.6. The summed E-state index contributed by atoms with van der Waals surface area (Å²) in [5, 5.41) is 2.80. The van der Waals surface area contributed by atoms with Crippen LogP contribution in [0.4, 0.5) is 10.1 Å². The fourth-order valence-corrected chi connectivity index (χ4v) is 2.55. The molecule has 0 spiro atoms. The van der Waals surface area contributed by atoms with Gasteiger partial charge in [0.1, 0.15) is 5.82 Å². The monoisotopic (exact) mass is 344 g/mol. The van der Waals surface area contributed by atoms with Crippen molar-refractivity contribution in [1.82, 2.24) is 4.90 Å². The van der Waals surface area contributed by atoms with Gasteiger partial charge in [0, 0.05) is 25.3 Å². The third kappa shape index (κ3) is 5.12. The van der Waals surface area contributed by atoms with E-state index in [0.29, 0.717) is 5.69 Å². The van der Waals surface area contributed by atoms with Crippen molar-refractivity contribution in [3.05, 3.63) is 66.0 Å². The van der Waals surface area contributed by atoms with Crippen molar-refractivity contribution in [3.8, 4) is 0 Å². The Bertz CT molecular complexity index is 717. The fraction of sp³-hybridized carbons (Fsp3) is 0.263. The molecule has 2 rings (SSSR count). The number of hydrogen-bond donors (Lipinski definition) is 2. The molecule has 0 heterocycles. The van der Waals surface area contributed by atoms with Crippen LogP contribution in [-0.4, -0.2) is 44.4 Å². The van der Waals surface area contributed by atoms with Crippen LogP contribution in [0.2, 0.25) is 0 Å². The number of rotatable bonds is 6. The summed E-state index contributed by atoms with van der Waals surface area (Å²) in [4.78, 5) is 27.1. The summed E-state index contributed by atoms with van der Waals surface area (Å²) < 4.78 is 13.0. The van der Waals surface area contributed by atoms with E-state index < -0.39 is 6.04 Å². The molecule has 0 aromatic heterocycles. The third-order valence-electron chi connectivity index (χ3n) is 3.93. The normalized spacial score (nSPS) is 13.0. The summed E-state index contributed by atoms with van der Waals surface area (Å²) in [6, 6.07) is 14.3. The van der Waals surface area contributed by atoms with Crippen molar-refractivity contribution in [2.75, 3.05) is 33.0 Å². The first-order valence-electron chi connectivity index (χ1n) is 8.02. The molecule has 0 aliphatic rings. The Labute approximate surface area is 147 Å². The zero-order chi connectivity index (χ0) is 18.4. The van der Waals surface area contributed by atoms with E-state index in [-0.39, 0.29) is 24.2 Å². The number of carbonyl (C=O) groups excluding carboxylic acids is 2. The summed E-state index contributed by atoms with van der Waals surface area (Å²) >= 11 is 0. The predicted octanol–water partition coefficient (Wildman–Crippen LogP) is 1.11. The van der Waals surface area contributed by atoms with Crippen LogP contribution in [0, 0.1) is 5.82 Å². The second-order valence-electron chi connectivity index (χ2n) is 6.15. The second kappa shape index (κ2) is 8.39. The van der Waals surface area contributed by atoms with Gasteiger partial charge in [0.05, 0.1) is 7.05 Å². The van der Waals surface area contributed by atoms with E-state index in [1.54, 1.807) is 14.1 Å². The van der Waals surface area contributed by atoms with Crippen molar-refractivity contribution in [2.24, 2.45) is 0 Å². The van der Waals surface area contributed by atoms with Gasteiger partial charge in [-0.15, -0.1) is 0 Å². The molecule has 6 heteroatoms. The first kappa shape index (κ1) is 18.6. The molecule has 0 aliphatic carbocycles. The molecule has 0 aliphatic heterocycles. The highest BCUT2D eigenvalue weighted by Gasteiger charge is 2.30. The summed E-state index contributed by atoms with van der Waals surface area (Å²) in [7, 11) is 5.18. The van der Waals surface area contributed by atoms with Crippen LogP contribution in [0.1, 0.15) is 11.6 Å². The van der Waals surface area contributed by atoms with Gasteiger partial charge < -0.3 is 15.1 Å². The van der Waals surface area contributed by atoms with Gasteiger partial charge in [-0.3, -0.25) is 9.59 Å². The molecule has 5 nitrogen and oxygen atoms in total. The van der Waals surface area contributed by atoms with Gasteiger partial charge >= 0.3 is 0 Å². The first-order valence-corrected chi connectivity index (χ1v) is 8.02. The van der Waals surface area contributed by atoms with E-state index in [4.69, 9.17) is 0 Å². The Morgan fingerprint density at radius 2 is 1.68 bits per heavy atom. The molecule has 0 fully saturated rings. The maximum atomic E-state index is 13.0. The highest BCUT2D eigenvalue weighted by Crippen LogP contribution is 2.14. The molecular formula is C19H23FN3O2+. The second-order valence-corrected chi connectivity index (χ2v) is 6.15. The minimum absolute atomic E-state index is 0.0620. The van der Waals surface area contributed by atoms with Crippen molar-refractivity contribution in [1.29, 1.82) is 0 Å². The molecule has 0 radical (unpaired) electrons. The lowest BCUT2D eigenvalue weighted by Gasteiger charge is -2.25. The molecule has 2 atom stereocenters. The number of nitrogens with one attached hydrogen (secondary N) is 2. The molecule has 0 saturated carbocycles. The van der Waals surface area contributed by atoms with Crippen molar-refractivity contribution in [2.45, 2.75) is 6.04 Å². The Morgan fingerprint density at radius 3 is 2.24 bits per heavy atom. The van der Waals surface area contributed by atoms with Gasteiger partial charge in [0.2, 0.25) is 0 Å². The summed E-state index contributed by atoms with van der Waals surface area (Å²) in [6.07, 6.45) is 0. The summed E-state index contributed by atoms with van der Waals surface area (Å²) in [6.45, 7) is 0.184. The smallest absolute Gasteiger partial charge is 0.287 e. The number of likely N-dealkylation sites (N-methyl/N-ethyl adjacent to an activating group) is 2. The number of carbonyl (C=O) groups is 2. The molecule has 2 aromatic carbocycles. The molecule has 0 bridgehead atoms. The van der Waals surface area contributed by atoms with E-state index in [9.17, 15) is 14.0 Å². The highest BCUT2D eigenvalue weighted by atomic mass is 19.1. The van der Waals surface area contributed by atoms with Gasteiger partial charge in [-0.25, -0.2) is 4.39 Å². The van der Waals surface area contributed by atoms with Crippen LogP contribution < -0.4 is 10.2 Å². The first-order chi connectivity index (χ1) is 11.9. The highest BCUT2D eigenvalue weighted by molar-refractivity contribution is 5.94. The van der Waals surface area contributed by atoms with E-state index in [0.717, 1.165) is 10.5 Å². The van der Waals surface area contributed by atoms with Crippen molar-refractivity contribution >= 4 is 17.5 Å². The molecule has 2 N–H and O–H groups in total. The zero-order valence-corrected chi connectivity index (χ0v) is 14.6. The van der Waals surface area contributed by atoms with Gasteiger partial charge in [0.15, 0.2) is 12.6 Å². The molecule has 2 amide bonds. The Balaban J connectivity index is 2.23. The molecular weight excluding hydrogens is 321 g/mol. The predicted molar refractivity (Wildman–Crippen MR) is 94.7 cm³/mol. The fourth-order valence-electron chi connectivity index (χ4n) is 2.55. The van der Waals surface area contributed by atoms with Crippen LogP contribution in [0.3, 0.4) is 0 Å². The van der Waals surface area contributed by atoms with E-state index in [2.05, 4.69) is 5.32 Å². The minimum Gasteiger partial charge on any atom is -0.344 e. The van der Waals surface area contributed by atoms with Crippen LogP contribution in [-0.2, 0) is 9.59 Å². The quantitative estimate of drug-likeness (QED) is 0.825.